The van der Waals surface area contributed by atoms with E-state index in [4.69, 9.17) is 17.0 Å². The van der Waals surface area contributed by atoms with Crippen molar-refractivity contribution in [1.29, 1.82) is 0 Å². The topological polar surface area (TPSA) is 83.9 Å². The Labute approximate surface area is 195 Å². The maximum absolute atomic E-state index is 5.84. The number of hydrogen-bond acceptors (Lipinski definition) is 5. The van der Waals surface area contributed by atoms with Crippen LogP contribution >= 0.6 is 12.2 Å². The molecule has 0 aliphatic heterocycles. The molecule has 0 fully saturated rings. The summed E-state index contributed by atoms with van der Waals surface area (Å²) in [7, 11) is 0. The first-order chi connectivity index (χ1) is 16.3. The molecule has 8 heteroatoms. The van der Waals surface area contributed by atoms with Crippen molar-refractivity contribution >= 4 is 18.4 Å². The monoisotopic (exact) mass is 452 g/mol. The van der Waals surface area contributed by atoms with E-state index in [9.17, 15) is 0 Å². The maximum Gasteiger partial charge on any atom is 0.216 e. The van der Waals surface area contributed by atoms with E-state index in [0.29, 0.717) is 22.9 Å². The first-order valence-corrected chi connectivity index (χ1v) is 10.8. The molecule has 5 aromatic rings. The lowest BCUT2D eigenvalue weighted by atomic mass is 10.1. The zero-order valence-corrected chi connectivity index (χ0v) is 18.4. The second kappa shape index (κ2) is 9.46. The SMILES string of the molecule is S=c1[nH]nc(-c2cc(-c3ccccc3)n[nH]2)n1N=Cc1ccc(OCc2ccccc2)cc1. The summed E-state index contributed by atoms with van der Waals surface area (Å²) in [6.45, 7) is 0.525. The molecule has 0 spiro atoms. The fraction of sp³-hybridized carbons (Fsp3) is 0.0400. The number of hydrogen-bond donors (Lipinski definition) is 2. The van der Waals surface area contributed by atoms with Crippen LogP contribution in [0.3, 0.4) is 0 Å². The van der Waals surface area contributed by atoms with Crippen molar-refractivity contribution in [3.63, 3.8) is 0 Å². The smallest absolute Gasteiger partial charge is 0.216 e. The third-order valence-corrected chi connectivity index (χ3v) is 5.25. The van der Waals surface area contributed by atoms with Crippen molar-refractivity contribution in [3.8, 4) is 28.5 Å². The summed E-state index contributed by atoms with van der Waals surface area (Å²) < 4.78 is 7.80. The van der Waals surface area contributed by atoms with Gasteiger partial charge in [-0.1, -0.05) is 60.7 Å². The summed E-state index contributed by atoms with van der Waals surface area (Å²) in [6, 6.07) is 29.6. The molecule has 5 rings (SSSR count). The normalized spacial score (nSPS) is 11.2. The average Bonchev–Trinajstić information content (AvgIpc) is 3.50. The molecule has 0 amide bonds. The molecule has 0 saturated carbocycles. The highest BCUT2D eigenvalue weighted by molar-refractivity contribution is 7.71. The van der Waals surface area contributed by atoms with Crippen molar-refractivity contribution in [2.75, 3.05) is 0 Å². The highest BCUT2D eigenvalue weighted by atomic mass is 32.1. The zero-order valence-electron chi connectivity index (χ0n) is 17.6. The van der Waals surface area contributed by atoms with E-state index in [1.165, 1.54) is 0 Å². The Morgan fingerprint density at radius 2 is 1.61 bits per heavy atom. The van der Waals surface area contributed by atoms with Crippen molar-refractivity contribution in [1.82, 2.24) is 25.1 Å². The van der Waals surface area contributed by atoms with Gasteiger partial charge in [0.2, 0.25) is 10.6 Å². The molecule has 3 aromatic carbocycles. The number of ether oxygens (including phenoxy) is 1. The molecule has 0 bridgehead atoms. The lowest BCUT2D eigenvalue weighted by molar-refractivity contribution is 0.306. The Kier molecular flexibility index (Phi) is 5.90. The molecule has 7 nitrogen and oxygen atoms in total. The van der Waals surface area contributed by atoms with Crippen LogP contribution in [0, 0.1) is 4.77 Å². The lowest BCUT2D eigenvalue weighted by Crippen LogP contribution is -1.96. The maximum atomic E-state index is 5.84. The van der Waals surface area contributed by atoms with Gasteiger partial charge in [-0.25, -0.2) is 5.10 Å². The standard InChI is InChI=1S/C25H20N6OS/c33-25-30-29-24(23-15-22(27-28-23)20-9-5-2-6-10-20)31(25)26-16-18-11-13-21(14-12-18)32-17-19-7-3-1-4-8-19/h1-16H,17H2,(H,27,28)(H,30,33). The van der Waals surface area contributed by atoms with Crippen molar-refractivity contribution < 1.29 is 4.74 Å². The Morgan fingerprint density at radius 1 is 0.879 bits per heavy atom. The van der Waals surface area contributed by atoms with Crippen LogP contribution in [0.25, 0.3) is 22.8 Å². The van der Waals surface area contributed by atoms with Gasteiger partial charge < -0.3 is 4.74 Å². The second-order valence-corrected chi connectivity index (χ2v) is 7.67. The number of benzene rings is 3. The fourth-order valence-corrected chi connectivity index (χ4v) is 3.46. The molecule has 0 saturated heterocycles. The van der Waals surface area contributed by atoms with E-state index in [0.717, 1.165) is 28.1 Å². The Hall–Kier alpha value is -4.30. The number of H-pyrrole nitrogens is 2. The minimum absolute atomic E-state index is 0.389. The Balaban J connectivity index is 1.31. The van der Waals surface area contributed by atoms with Crippen molar-refractivity contribution in [3.05, 3.63) is 107 Å². The van der Waals surface area contributed by atoms with Crippen LogP contribution in [0.15, 0.2) is 96.1 Å². The first kappa shape index (κ1) is 20.6. The summed E-state index contributed by atoms with van der Waals surface area (Å²) >= 11 is 5.37. The second-order valence-electron chi connectivity index (χ2n) is 7.28. The van der Waals surface area contributed by atoms with Crippen LogP contribution in [-0.4, -0.2) is 31.3 Å². The van der Waals surface area contributed by atoms with E-state index in [2.05, 4.69) is 25.5 Å². The van der Waals surface area contributed by atoms with Gasteiger partial charge in [0.25, 0.3) is 0 Å². The van der Waals surface area contributed by atoms with Crippen LogP contribution in [0.4, 0.5) is 0 Å². The fourth-order valence-electron chi connectivity index (χ4n) is 3.28. The molecule has 162 valence electrons. The predicted octanol–water partition coefficient (Wildman–Crippen LogP) is 5.46. The third kappa shape index (κ3) is 4.81. The van der Waals surface area contributed by atoms with E-state index >= 15 is 0 Å². The van der Waals surface area contributed by atoms with Crippen LogP contribution in [0.2, 0.25) is 0 Å². The van der Waals surface area contributed by atoms with Gasteiger partial charge in [0.1, 0.15) is 18.1 Å². The summed E-state index contributed by atoms with van der Waals surface area (Å²) in [5, 5.41) is 19.0. The van der Waals surface area contributed by atoms with Gasteiger partial charge in [0, 0.05) is 5.56 Å². The Bertz CT molecular complexity index is 1420. The largest absolute Gasteiger partial charge is 0.489 e. The number of rotatable bonds is 7. The Morgan fingerprint density at radius 3 is 2.36 bits per heavy atom. The molecule has 0 unspecified atom stereocenters. The molecule has 0 radical (unpaired) electrons. The number of aromatic amines is 2. The van der Waals surface area contributed by atoms with Crippen LogP contribution in [0.1, 0.15) is 11.1 Å². The van der Waals surface area contributed by atoms with Crippen molar-refractivity contribution in [2.45, 2.75) is 6.61 Å². The third-order valence-electron chi connectivity index (χ3n) is 4.99. The van der Waals surface area contributed by atoms with E-state index in [1.54, 1.807) is 10.9 Å². The summed E-state index contributed by atoms with van der Waals surface area (Å²) in [6.07, 6.45) is 1.73. The molecule has 2 aromatic heterocycles. The molecule has 2 N–H and O–H groups in total. The predicted molar refractivity (Wildman–Crippen MR) is 131 cm³/mol. The lowest BCUT2D eigenvalue weighted by Gasteiger charge is -2.06. The van der Waals surface area contributed by atoms with E-state index < -0.39 is 0 Å². The highest BCUT2D eigenvalue weighted by Gasteiger charge is 2.12. The number of aromatic nitrogens is 5. The van der Waals surface area contributed by atoms with Crippen LogP contribution in [-0.2, 0) is 6.61 Å². The molecule has 2 heterocycles. The number of nitrogens with one attached hydrogen (secondary N) is 2. The van der Waals surface area contributed by atoms with Gasteiger partial charge in [-0.2, -0.15) is 20.0 Å². The molecular formula is C25H20N6OS. The number of nitrogens with zero attached hydrogens (tertiary/aromatic N) is 4. The summed E-state index contributed by atoms with van der Waals surface area (Å²) in [4.78, 5) is 0. The molecule has 0 atom stereocenters. The molecular weight excluding hydrogens is 432 g/mol. The van der Waals surface area contributed by atoms with Gasteiger partial charge in [-0.3, -0.25) is 5.10 Å². The van der Waals surface area contributed by atoms with Gasteiger partial charge >= 0.3 is 0 Å². The first-order valence-electron chi connectivity index (χ1n) is 10.4. The summed E-state index contributed by atoms with van der Waals surface area (Å²) in [5.74, 6) is 1.34. The van der Waals surface area contributed by atoms with E-state index in [-0.39, 0.29) is 0 Å². The van der Waals surface area contributed by atoms with Gasteiger partial charge in [0.05, 0.1) is 11.9 Å². The molecule has 33 heavy (non-hydrogen) atoms. The van der Waals surface area contributed by atoms with Gasteiger partial charge in [-0.15, -0.1) is 0 Å². The minimum atomic E-state index is 0.389. The van der Waals surface area contributed by atoms with Gasteiger partial charge in [0.15, 0.2) is 0 Å². The summed E-state index contributed by atoms with van der Waals surface area (Å²) in [5.41, 5.74) is 4.58. The van der Waals surface area contributed by atoms with Gasteiger partial charge in [-0.05, 0) is 53.7 Å². The molecule has 0 aliphatic rings. The van der Waals surface area contributed by atoms with Crippen molar-refractivity contribution in [2.24, 2.45) is 5.10 Å². The molecule has 0 aliphatic carbocycles. The van der Waals surface area contributed by atoms with E-state index in [1.807, 2.05) is 91.0 Å². The van der Waals surface area contributed by atoms with Crippen LogP contribution in [0.5, 0.6) is 5.75 Å². The highest BCUT2D eigenvalue weighted by Crippen LogP contribution is 2.22. The average molecular weight is 453 g/mol. The quantitative estimate of drug-likeness (QED) is 0.254. The zero-order chi connectivity index (χ0) is 22.5. The minimum Gasteiger partial charge on any atom is -0.489 e. The van der Waals surface area contributed by atoms with Crippen LogP contribution < -0.4 is 4.74 Å².